The smallest absolute Gasteiger partial charge is 0.259 e. The summed E-state index contributed by atoms with van der Waals surface area (Å²) in [4.78, 5) is 17.4. The van der Waals surface area contributed by atoms with Crippen LogP contribution in [0.2, 0.25) is 0 Å². The van der Waals surface area contributed by atoms with E-state index in [2.05, 4.69) is 4.98 Å². The molecule has 0 aliphatic carbocycles. The molecule has 0 aliphatic rings. The van der Waals surface area contributed by atoms with Gasteiger partial charge in [0.05, 0.1) is 13.3 Å². The lowest BCUT2D eigenvalue weighted by Gasteiger charge is -2.18. The molecular weight excluding hydrogens is 278 g/mol. The van der Waals surface area contributed by atoms with Crippen molar-refractivity contribution in [3.63, 3.8) is 0 Å². The molecule has 2 aromatic rings. The molecule has 0 aliphatic heterocycles. The molecule has 0 radical (unpaired) electrons. The zero-order valence-electron chi connectivity index (χ0n) is 11.6. The van der Waals surface area contributed by atoms with Gasteiger partial charge in [0.15, 0.2) is 0 Å². The van der Waals surface area contributed by atoms with Crippen molar-refractivity contribution in [1.29, 1.82) is 0 Å². The van der Waals surface area contributed by atoms with Crippen LogP contribution in [0.4, 0.5) is 8.78 Å². The number of methoxy groups -OCH3 is 1. The van der Waals surface area contributed by atoms with Crippen molar-refractivity contribution in [2.75, 3.05) is 14.2 Å². The van der Waals surface area contributed by atoms with Crippen LogP contribution in [-0.4, -0.2) is 29.9 Å². The highest BCUT2D eigenvalue weighted by Gasteiger charge is 2.19. The van der Waals surface area contributed by atoms with E-state index in [0.717, 1.165) is 12.3 Å². The fourth-order valence-corrected chi connectivity index (χ4v) is 1.93. The van der Waals surface area contributed by atoms with Crippen LogP contribution in [0.15, 0.2) is 36.5 Å². The highest BCUT2D eigenvalue weighted by molar-refractivity contribution is 5.96. The number of carbonyl (C=O) groups excluding carboxylic acids is 1. The Labute approximate surface area is 121 Å². The zero-order chi connectivity index (χ0) is 15.4. The van der Waals surface area contributed by atoms with Crippen molar-refractivity contribution in [2.45, 2.75) is 6.54 Å². The van der Waals surface area contributed by atoms with Gasteiger partial charge < -0.3 is 9.64 Å². The molecule has 110 valence electrons. The number of rotatable bonds is 4. The number of hydrogen-bond donors (Lipinski definition) is 0. The van der Waals surface area contributed by atoms with Crippen LogP contribution in [0.5, 0.6) is 5.88 Å². The predicted molar refractivity (Wildman–Crippen MR) is 72.9 cm³/mol. The van der Waals surface area contributed by atoms with Crippen LogP contribution in [-0.2, 0) is 6.54 Å². The topological polar surface area (TPSA) is 42.4 Å². The monoisotopic (exact) mass is 292 g/mol. The lowest BCUT2D eigenvalue weighted by Crippen LogP contribution is -2.27. The number of nitrogens with zero attached hydrogens (tertiary/aromatic N) is 2. The summed E-state index contributed by atoms with van der Waals surface area (Å²) in [5, 5.41) is 0. The van der Waals surface area contributed by atoms with Crippen molar-refractivity contribution >= 4 is 5.91 Å². The number of hydrogen-bond acceptors (Lipinski definition) is 3. The van der Waals surface area contributed by atoms with Gasteiger partial charge in [0.2, 0.25) is 5.88 Å². The summed E-state index contributed by atoms with van der Waals surface area (Å²) in [6.45, 7) is 0.191. The maximum Gasteiger partial charge on any atom is 0.259 e. The van der Waals surface area contributed by atoms with E-state index in [1.165, 1.54) is 31.2 Å². The van der Waals surface area contributed by atoms with E-state index in [0.29, 0.717) is 5.56 Å². The summed E-state index contributed by atoms with van der Waals surface area (Å²) in [5.41, 5.74) is 0.658. The molecule has 0 spiro atoms. The predicted octanol–water partition coefficient (Wildman–Crippen LogP) is 2.64. The summed E-state index contributed by atoms with van der Waals surface area (Å²) in [6.07, 6.45) is 0.974. The molecule has 1 aromatic carbocycles. The maximum absolute atomic E-state index is 13.2. The molecule has 0 saturated carbocycles. The third-order valence-corrected chi connectivity index (χ3v) is 2.90. The van der Waals surface area contributed by atoms with Crippen molar-refractivity contribution in [3.05, 3.63) is 59.3 Å². The summed E-state index contributed by atoms with van der Waals surface area (Å²) in [5.74, 6) is -1.41. The quantitative estimate of drug-likeness (QED) is 0.870. The summed E-state index contributed by atoms with van der Waals surface area (Å²) in [7, 11) is 2.89. The minimum atomic E-state index is -0.627. The standard InChI is InChI=1S/C15H14F2N2O2/c1-19(9-10-4-3-5-11(16)6-10)15(20)13-7-12(17)8-18-14(13)21-2/h3-8H,9H2,1-2H3. The Morgan fingerprint density at radius 1 is 1.29 bits per heavy atom. The first-order valence-electron chi connectivity index (χ1n) is 6.20. The minimum absolute atomic E-state index is 0.0244. The van der Waals surface area contributed by atoms with Crippen molar-refractivity contribution < 1.29 is 18.3 Å². The Kier molecular flexibility index (Phi) is 4.47. The highest BCUT2D eigenvalue weighted by atomic mass is 19.1. The van der Waals surface area contributed by atoms with E-state index in [4.69, 9.17) is 4.74 Å². The molecule has 6 heteroatoms. The van der Waals surface area contributed by atoms with E-state index in [1.54, 1.807) is 12.1 Å². The Hall–Kier alpha value is -2.50. The lowest BCUT2D eigenvalue weighted by molar-refractivity contribution is 0.0780. The van der Waals surface area contributed by atoms with E-state index in [9.17, 15) is 13.6 Å². The molecule has 2 rings (SSSR count). The molecule has 0 bridgehead atoms. The summed E-state index contributed by atoms with van der Waals surface area (Å²) < 4.78 is 31.3. The fourth-order valence-electron chi connectivity index (χ4n) is 1.93. The number of amides is 1. The van der Waals surface area contributed by atoms with Crippen LogP contribution in [0.3, 0.4) is 0 Å². The molecule has 4 nitrogen and oxygen atoms in total. The van der Waals surface area contributed by atoms with Gasteiger partial charge in [0.1, 0.15) is 17.2 Å². The first-order valence-corrected chi connectivity index (χ1v) is 6.20. The van der Waals surface area contributed by atoms with Gasteiger partial charge in [-0.2, -0.15) is 0 Å². The van der Waals surface area contributed by atoms with Crippen molar-refractivity contribution in [2.24, 2.45) is 0 Å². The molecule has 0 N–H and O–H groups in total. The SMILES string of the molecule is COc1ncc(F)cc1C(=O)N(C)Cc1cccc(F)c1. The Morgan fingerprint density at radius 2 is 2.05 bits per heavy atom. The molecule has 0 fully saturated rings. The lowest BCUT2D eigenvalue weighted by atomic mass is 10.2. The summed E-state index contributed by atoms with van der Waals surface area (Å²) >= 11 is 0. The van der Waals surface area contributed by atoms with Crippen LogP contribution < -0.4 is 4.74 Å². The van der Waals surface area contributed by atoms with Crippen molar-refractivity contribution in [1.82, 2.24) is 9.88 Å². The van der Waals surface area contributed by atoms with E-state index >= 15 is 0 Å². The Bertz CT molecular complexity index is 662. The third-order valence-electron chi connectivity index (χ3n) is 2.90. The van der Waals surface area contributed by atoms with Gasteiger partial charge in [-0.3, -0.25) is 4.79 Å². The molecule has 0 saturated heterocycles. The average molecular weight is 292 g/mol. The van der Waals surface area contributed by atoms with Gasteiger partial charge >= 0.3 is 0 Å². The molecule has 1 amide bonds. The van der Waals surface area contributed by atoms with Gasteiger partial charge in [-0.25, -0.2) is 13.8 Å². The van der Waals surface area contributed by atoms with Gasteiger partial charge in [-0.05, 0) is 23.8 Å². The molecule has 0 atom stereocenters. The largest absolute Gasteiger partial charge is 0.480 e. The first-order chi connectivity index (χ1) is 10.0. The number of halogens is 2. The number of ether oxygens (including phenoxy) is 1. The van der Waals surface area contributed by atoms with Gasteiger partial charge in [-0.1, -0.05) is 12.1 Å². The number of carbonyl (C=O) groups is 1. The van der Waals surface area contributed by atoms with Crippen molar-refractivity contribution in [3.8, 4) is 5.88 Å². The molecular formula is C15H14F2N2O2. The normalized spacial score (nSPS) is 10.3. The van der Waals surface area contributed by atoms with Gasteiger partial charge in [0.25, 0.3) is 5.91 Å². The molecule has 1 aromatic heterocycles. The molecule has 1 heterocycles. The van der Waals surface area contributed by atoms with Gasteiger partial charge in [0, 0.05) is 13.6 Å². The Morgan fingerprint density at radius 3 is 2.71 bits per heavy atom. The van der Waals surface area contributed by atoms with E-state index < -0.39 is 11.7 Å². The van der Waals surface area contributed by atoms with Crippen LogP contribution in [0, 0.1) is 11.6 Å². The number of pyridine rings is 1. The second kappa shape index (κ2) is 6.30. The Balaban J connectivity index is 2.21. The van der Waals surface area contributed by atoms with E-state index in [-0.39, 0.29) is 23.8 Å². The summed E-state index contributed by atoms with van der Waals surface area (Å²) in [6, 6.07) is 6.99. The van der Waals surface area contributed by atoms with Crippen LogP contribution in [0.1, 0.15) is 15.9 Å². The second-order valence-electron chi connectivity index (χ2n) is 4.50. The molecule has 21 heavy (non-hydrogen) atoms. The molecule has 0 unspecified atom stereocenters. The zero-order valence-corrected chi connectivity index (χ0v) is 11.6. The highest BCUT2D eigenvalue weighted by Crippen LogP contribution is 2.18. The first kappa shape index (κ1) is 14.9. The number of benzene rings is 1. The maximum atomic E-state index is 13.2. The average Bonchev–Trinajstić information content (AvgIpc) is 2.46. The third kappa shape index (κ3) is 3.53. The van der Waals surface area contributed by atoms with Crippen LogP contribution >= 0.6 is 0 Å². The van der Waals surface area contributed by atoms with E-state index in [1.807, 2.05) is 0 Å². The second-order valence-corrected chi connectivity index (χ2v) is 4.50. The number of aromatic nitrogens is 1. The minimum Gasteiger partial charge on any atom is -0.480 e. The fraction of sp³-hybridized carbons (Fsp3) is 0.200. The van der Waals surface area contributed by atoms with Gasteiger partial charge in [-0.15, -0.1) is 0 Å². The van der Waals surface area contributed by atoms with Crippen LogP contribution in [0.25, 0.3) is 0 Å².